The lowest BCUT2D eigenvalue weighted by Crippen LogP contribution is -2.15. The van der Waals surface area contributed by atoms with E-state index < -0.39 is 6.09 Å². The van der Waals surface area contributed by atoms with Gasteiger partial charge in [0.05, 0.1) is 26.5 Å². The maximum Gasteiger partial charge on any atom is 0.412 e. The summed E-state index contributed by atoms with van der Waals surface area (Å²) >= 11 is 9.16. The number of benzene rings is 1. The standard InChI is InChI=1S/C26H21ClN2O4S2/c1-15(19-10-11-34-14-19)32-26(31)29-22-12-23(27)35-24(22)18-6-9-21(28-13-18)16-4-7-20(8-5-16)33-25(30)17-2-3-17/h4-15,17H,2-3H2,1H3,(H,29,31). The SMILES string of the molecule is CC(OC(=O)Nc1cc(Cl)sc1-c1ccc(-c2ccc(OC(=O)C3CC3)cc2)nc1)c1ccsc1. The van der Waals surface area contributed by atoms with Gasteiger partial charge in [0.25, 0.3) is 0 Å². The van der Waals surface area contributed by atoms with Crippen molar-refractivity contribution >= 4 is 52.0 Å². The molecule has 6 nitrogen and oxygen atoms in total. The molecule has 0 bridgehead atoms. The number of carbonyl (C=O) groups is 2. The Hall–Kier alpha value is -3.20. The molecule has 1 saturated carbocycles. The van der Waals surface area contributed by atoms with Gasteiger partial charge in [-0.2, -0.15) is 11.3 Å². The number of halogens is 1. The van der Waals surface area contributed by atoms with Crippen molar-refractivity contribution in [1.29, 1.82) is 0 Å². The number of thiophene rings is 2. The molecule has 0 saturated heterocycles. The number of ether oxygens (including phenoxy) is 2. The zero-order chi connectivity index (χ0) is 24.4. The molecule has 1 aliphatic carbocycles. The first kappa shape index (κ1) is 23.5. The number of amides is 1. The molecular formula is C26H21ClN2O4S2. The van der Waals surface area contributed by atoms with Gasteiger partial charge in [-0.1, -0.05) is 11.6 Å². The Bertz CT molecular complexity index is 1330. The van der Waals surface area contributed by atoms with E-state index in [1.165, 1.54) is 11.3 Å². The van der Waals surface area contributed by atoms with E-state index in [4.69, 9.17) is 21.1 Å². The van der Waals surface area contributed by atoms with Crippen molar-refractivity contribution in [2.75, 3.05) is 5.32 Å². The van der Waals surface area contributed by atoms with Crippen molar-refractivity contribution in [1.82, 2.24) is 4.98 Å². The number of rotatable bonds is 7. The molecule has 178 valence electrons. The topological polar surface area (TPSA) is 77.5 Å². The van der Waals surface area contributed by atoms with Gasteiger partial charge in [-0.15, -0.1) is 11.3 Å². The van der Waals surface area contributed by atoms with Gasteiger partial charge in [-0.3, -0.25) is 15.1 Å². The second-order valence-electron chi connectivity index (χ2n) is 8.17. The van der Waals surface area contributed by atoms with Crippen molar-refractivity contribution < 1.29 is 19.1 Å². The molecule has 1 amide bonds. The van der Waals surface area contributed by atoms with Gasteiger partial charge in [0.15, 0.2) is 0 Å². The summed E-state index contributed by atoms with van der Waals surface area (Å²) in [6.07, 6.45) is 2.66. The van der Waals surface area contributed by atoms with Crippen LogP contribution in [0.15, 0.2) is 65.5 Å². The monoisotopic (exact) mass is 524 g/mol. The Balaban J connectivity index is 1.27. The van der Waals surface area contributed by atoms with E-state index in [1.807, 2.05) is 48.0 Å². The number of hydrogen-bond acceptors (Lipinski definition) is 7. The van der Waals surface area contributed by atoms with Crippen molar-refractivity contribution in [3.63, 3.8) is 0 Å². The molecule has 3 aromatic heterocycles. The number of esters is 1. The van der Waals surface area contributed by atoms with Crippen molar-refractivity contribution in [3.05, 3.63) is 75.4 Å². The first-order valence-electron chi connectivity index (χ1n) is 11.0. The van der Waals surface area contributed by atoms with E-state index in [1.54, 1.807) is 35.7 Å². The van der Waals surface area contributed by atoms with Crippen LogP contribution >= 0.6 is 34.3 Å². The van der Waals surface area contributed by atoms with Gasteiger partial charge in [-0.25, -0.2) is 4.79 Å². The molecule has 1 aromatic carbocycles. The van der Waals surface area contributed by atoms with Crippen molar-refractivity contribution in [2.45, 2.75) is 25.9 Å². The molecule has 0 spiro atoms. The van der Waals surface area contributed by atoms with Crippen LogP contribution in [0.4, 0.5) is 10.5 Å². The van der Waals surface area contributed by atoms with Crippen LogP contribution in [0.25, 0.3) is 21.7 Å². The van der Waals surface area contributed by atoms with Gasteiger partial charge in [0.2, 0.25) is 0 Å². The van der Waals surface area contributed by atoms with Crippen LogP contribution in [0.3, 0.4) is 0 Å². The Labute approximate surface area is 215 Å². The second kappa shape index (κ2) is 10.2. The highest BCUT2D eigenvalue weighted by atomic mass is 35.5. The molecule has 1 atom stereocenters. The molecular weight excluding hydrogens is 504 g/mol. The maximum atomic E-state index is 12.5. The molecule has 3 heterocycles. The Morgan fingerprint density at radius 3 is 2.54 bits per heavy atom. The Morgan fingerprint density at radius 1 is 1.11 bits per heavy atom. The third-order valence-corrected chi connectivity index (χ3v) is 7.55. The van der Waals surface area contributed by atoms with Crippen molar-refractivity contribution in [2.24, 2.45) is 5.92 Å². The lowest BCUT2D eigenvalue weighted by Gasteiger charge is -2.13. The van der Waals surface area contributed by atoms with Crippen LogP contribution in [0, 0.1) is 5.92 Å². The fourth-order valence-electron chi connectivity index (χ4n) is 3.45. The summed E-state index contributed by atoms with van der Waals surface area (Å²) < 4.78 is 11.4. The van der Waals surface area contributed by atoms with Gasteiger partial charge in [0.1, 0.15) is 11.9 Å². The summed E-state index contributed by atoms with van der Waals surface area (Å²) in [5.74, 6) is 0.427. The summed E-state index contributed by atoms with van der Waals surface area (Å²) in [4.78, 5) is 29.7. The van der Waals surface area contributed by atoms with Crippen molar-refractivity contribution in [3.8, 4) is 27.4 Å². The van der Waals surface area contributed by atoms with Crippen LogP contribution in [0.5, 0.6) is 5.75 Å². The highest BCUT2D eigenvalue weighted by Crippen LogP contribution is 2.40. The summed E-state index contributed by atoms with van der Waals surface area (Å²) in [6.45, 7) is 1.83. The normalized spacial score (nSPS) is 13.8. The molecule has 1 N–H and O–H groups in total. The largest absolute Gasteiger partial charge is 0.441 e. The number of carbonyl (C=O) groups excluding carboxylic acids is 2. The third kappa shape index (κ3) is 5.73. The van der Waals surface area contributed by atoms with Crippen LogP contribution in [-0.4, -0.2) is 17.0 Å². The summed E-state index contributed by atoms with van der Waals surface area (Å²) in [6, 6.07) is 14.7. The van der Waals surface area contributed by atoms with Crippen LogP contribution in [-0.2, 0) is 9.53 Å². The molecule has 1 unspecified atom stereocenters. The molecule has 9 heteroatoms. The fraction of sp³-hybridized carbons (Fsp3) is 0.192. The maximum absolute atomic E-state index is 12.5. The van der Waals surface area contributed by atoms with Gasteiger partial charge in [0, 0.05) is 22.9 Å². The molecule has 4 aromatic rings. The molecule has 1 aliphatic rings. The molecule has 5 rings (SSSR count). The van der Waals surface area contributed by atoms with Crippen LogP contribution < -0.4 is 10.1 Å². The molecule has 0 radical (unpaired) electrons. The van der Waals surface area contributed by atoms with Crippen LogP contribution in [0.2, 0.25) is 4.34 Å². The minimum atomic E-state index is -0.550. The minimum Gasteiger partial charge on any atom is -0.441 e. The minimum absolute atomic E-state index is 0.0558. The average Bonchev–Trinajstić information content (AvgIpc) is 3.43. The highest BCUT2D eigenvalue weighted by molar-refractivity contribution is 7.20. The number of aromatic nitrogens is 1. The summed E-state index contributed by atoms with van der Waals surface area (Å²) in [5.41, 5.74) is 4.01. The average molecular weight is 525 g/mol. The van der Waals surface area contributed by atoms with Gasteiger partial charge in [-0.05, 0) is 79.1 Å². The first-order valence-corrected chi connectivity index (χ1v) is 13.2. The number of anilines is 1. The Kier molecular flexibility index (Phi) is 6.86. The Morgan fingerprint density at radius 2 is 1.89 bits per heavy atom. The lowest BCUT2D eigenvalue weighted by atomic mass is 10.1. The predicted octanol–water partition coefficient (Wildman–Crippen LogP) is 7.82. The zero-order valence-corrected chi connectivity index (χ0v) is 21.1. The third-order valence-electron chi connectivity index (χ3n) is 5.54. The molecule has 1 fully saturated rings. The number of pyridine rings is 1. The van der Waals surface area contributed by atoms with Crippen LogP contribution in [0.1, 0.15) is 31.4 Å². The van der Waals surface area contributed by atoms with E-state index in [0.29, 0.717) is 15.8 Å². The lowest BCUT2D eigenvalue weighted by molar-refractivity contribution is -0.135. The molecule has 0 aliphatic heterocycles. The number of nitrogens with one attached hydrogen (secondary N) is 1. The zero-order valence-electron chi connectivity index (χ0n) is 18.7. The second-order valence-corrected chi connectivity index (χ2v) is 10.6. The van der Waals surface area contributed by atoms with E-state index in [0.717, 1.165) is 40.1 Å². The van der Waals surface area contributed by atoms with E-state index in [2.05, 4.69) is 10.3 Å². The van der Waals surface area contributed by atoms with E-state index >= 15 is 0 Å². The number of hydrogen-bond donors (Lipinski definition) is 1. The predicted molar refractivity (Wildman–Crippen MR) is 139 cm³/mol. The van der Waals surface area contributed by atoms with Gasteiger partial charge < -0.3 is 9.47 Å². The smallest absolute Gasteiger partial charge is 0.412 e. The quantitative estimate of drug-likeness (QED) is 0.197. The van der Waals surface area contributed by atoms with E-state index in [-0.39, 0.29) is 18.0 Å². The summed E-state index contributed by atoms with van der Waals surface area (Å²) in [7, 11) is 0. The number of nitrogens with zero attached hydrogens (tertiary/aromatic N) is 1. The fourth-order valence-corrected chi connectivity index (χ4v) is 5.37. The molecule has 35 heavy (non-hydrogen) atoms. The highest BCUT2D eigenvalue weighted by Gasteiger charge is 2.31. The first-order chi connectivity index (χ1) is 17.0. The van der Waals surface area contributed by atoms with E-state index in [9.17, 15) is 9.59 Å². The van der Waals surface area contributed by atoms with Gasteiger partial charge >= 0.3 is 12.1 Å². The summed E-state index contributed by atoms with van der Waals surface area (Å²) in [5, 5.41) is 6.70.